The molecular weight excluding hydrogens is 313 g/mol. The van der Waals surface area contributed by atoms with Crippen LogP contribution in [0.15, 0.2) is 24.3 Å². The third kappa shape index (κ3) is 9.04. The molecule has 1 rings (SSSR count). The first-order valence-corrected chi connectivity index (χ1v) is 7.09. The smallest absolute Gasteiger partial charge is 0.390 e. The Morgan fingerprint density at radius 3 is 2.48 bits per heavy atom. The molecule has 1 aromatic rings. The minimum Gasteiger partial charge on any atom is -0.491 e. The van der Waals surface area contributed by atoms with Crippen LogP contribution in [0.5, 0.6) is 5.75 Å². The third-order valence-corrected chi connectivity index (χ3v) is 2.92. The van der Waals surface area contributed by atoms with Crippen molar-refractivity contribution < 1.29 is 27.8 Å². The summed E-state index contributed by atoms with van der Waals surface area (Å²) in [4.78, 5) is 12.3. The second-order valence-corrected chi connectivity index (χ2v) is 5.30. The third-order valence-electron chi connectivity index (χ3n) is 2.92. The Labute approximate surface area is 133 Å². The molecule has 0 aliphatic carbocycles. The van der Waals surface area contributed by atoms with E-state index in [0.717, 1.165) is 0 Å². The summed E-state index contributed by atoms with van der Waals surface area (Å²) < 4.78 is 41.6. The molecule has 2 N–H and O–H groups in total. The Hall–Kier alpha value is -1.80. The van der Waals surface area contributed by atoms with Gasteiger partial charge in [-0.25, -0.2) is 0 Å². The molecule has 8 heteroatoms. The minimum absolute atomic E-state index is 0.0319. The predicted octanol–water partition coefficient (Wildman–Crippen LogP) is 2.27. The molecule has 0 aromatic heterocycles. The number of ether oxygens (including phenoxy) is 1. The number of hydrogen-bond donors (Lipinski definition) is 2. The second-order valence-electron chi connectivity index (χ2n) is 5.30. The van der Waals surface area contributed by atoms with Gasteiger partial charge in [0.15, 0.2) is 0 Å². The average Bonchev–Trinajstić information content (AvgIpc) is 2.43. The maximum atomic E-state index is 12.1. The van der Waals surface area contributed by atoms with E-state index in [9.17, 15) is 23.1 Å². The van der Waals surface area contributed by atoms with Crippen molar-refractivity contribution in [3.8, 4) is 5.75 Å². The van der Waals surface area contributed by atoms with Crippen molar-refractivity contribution >= 4 is 11.6 Å². The van der Waals surface area contributed by atoms with E-state index >= 15 is 0 Å². The molecule has 5 nitrogen and oxygen atoms in total. The summed E-state index contributed by atoms with van der Waals surface area (Å²) in [5.41, 5.74) is 0.622. The van der Waals surface area contributed by atoms with Crippen LogP contribution < -0.4 is 10.1 Å². The van der Waals surface area contributed by atoms with Gasteiger partial charge in [-0.05, 0) is 31.3 Å². The Morgan fingerprint density at radius 2 is 1.96 bits per heavy atom. The zero-order chi connectivity index (χ0) is 17.5. The minimum atomic E-state index is -4.20. The SMILES string of the molecule is CC(=O)Nc1ccc(OCC(O)CN(C)CCC(F)(F)F)cc1. The Bertz CT molecular complexity index is 492. The Morgan fingerprint density at radius 1 is 1.35 bits per heavy atom. The summed E-state index contributed by atoms with van der Waals surface area (Å²) in [6, 6.07) is 6.56. The fraction of sp³-hybridized carbons (Fsp3) is 0.533. The first-order valence-electron chi connectivity index (χ1n) is 7.09. The van der Waals surface area contributed by atoms with Gasteiger partial charge in [-0.2, -0.15) is 13.2 Å². The number of nitrogens with one attached hydrogen (secondary N) is 1. The van der Waals surface area contributed by atoms with Gasteiger partial charge in [0.25, 0.3) is 0 Å². The van der Waals surface area contributed by atoms with Crippen LogP contribution in [0, 0.1) is 0 Å². The van der Waals surface area contributed by atoms with Crippen LogP contribution in [0.3, 0.4) is 0 Å². The standard InChI is InChI=1S/C15H21F3N2O3/c1-11(21)19-12-3-5-14(6-4-12)23-10-13(22)9-20(2)8-7-15(16,17)18/h3-6,13,22H,7-10H2,1-2H3,(H,19,21). The van der Waals surface area contributed by atoms with Gasteiger partial charge in [0, 0.05) is 25.7 Å². The molecule has 0 fully saturated rings. The molecule has 0 saturated carbocycles. The van der Waals surface area contributed by atoms with Crippen molar-refractivity contribution in [2.75, 3.05) is 32.1 Å². The number of likely N-dealkylation sites (N-methyl/N-ethyl adjacent to an activating group) is 1. The van der Waals surface area contributed by atoms with Crippen molar-refractivity contribution in [1.29, 1.82) is 0 Å². The average molecular weight is 334 g/mol. The number of anilines is 1. The lowest BCUT2D eigenvalue weighted by Crippen LogP contribution is -2.35. The maximum absolute atomic E-state index is 12.1. The highest BCUT2D eigenvalue weighted by Gasteiger charge is 2.27. The van der Waals surface area contributed by atoms with E-state index in [2.05, 4.69) is 5.32 Å². The molecule has 0 radical (unpaired) electrons. The number of nitrogens with zero attached hydrogens (tertiary/aromatic N) is 1. The van der Waals surface area contributed by atoms with Crippen LogP contribution >= 0.6 is 0 Å². The molecule has 1 aromatic carbocycles. The van der Waals surface area contributed by atoms with Gasteiger partial charge in [0.05, 0.1) is 6.42 Å². The number of rotatable bonds is 8. The fourth-order valence-electron chi connectivity index (χ4n) is 1.85. The van der Waals surface area contributed by atoms with E-state index in [0.29, 0.717) is 11.4 Å². The monoisotopic (exact) mass is 334 g/mol. The number of halogens is 3. The Balaban J connectivity index is 2.32. The van der Waals surface area contributed by atoms with Crippen LogP contribution in [0.25, 0.3) is 0 Å². The number of carbonyl (C=O) groups excluding carboxylic acids is 1. The number of amides is 1. The highest BCUT2D eigenvalue weighted by molar-refractivity contribution is 5.88. The predicted molar refractivity (Wildman–Crippen MR) is 80.4 cm³/mol. The number of benzene rings is 1. The van der Waals surface area contributed by atoms with Gasteiger partial charge >= 0.3 is 6.18 Å². The zero-order valence-electron chi connectivity index (χ0n) is 13.1. The molecule has 1 unspecified atom stereocenters. The molecule has 0 aliphatic rings. The quantitative estimate of drug-likeness (QED) is 0.766. The lowest BCUT2D eigenvalue weighted by atomic mass is 10.3. The molecule has 0 saturated heterocycles. The molecule has 1 atom stereocenters. The number of carbonyl (C=O) groups is 1. The molecular formula is C15H21F3N2O3. The lowest BCUT2D eigenvalue weighted by Gasteiger charge is -2.21. The topological polar surface area (TPSA) is 61.8 Å². The largest absolute Gasteiger partial charge is 0.491 e. The summed E-state index contributed by atoms with van der Waals surface area (Å²) in [5, 5.41) is 12.4. The molecule has 0 aliphatic heterocycles. The van der Waals surface area contributed by atoms with E-state index in [1.807, 2.05) is 0 Å². The van der Waals surface area contributed by atoms with E-state index in [1.165, 1.54) is 18.9 Å². The van der Waals surface area contributed by atoms with Gasteiger partial charge in [0.1, 0.15) is 18.5 Å². The van der Waals surface area contributed by atoms with Crippen LogP contribution in [0.4, 0.5) is 18.9 Å². The van der Waals surface area contributed by atoms with Crippen LogP contribution in [-0.4, -0.2) is 54.9 Å². The molecule has 0 heterocycles. The molecule has 1 amide bonds. The zero-order valence-corrected chi connectivity index (χ0v) is 13.1. The molecule has 23 heavy (non-hydrogen) atoms. The van der Waals surface area contributed by atoms with Gasteiger partial charge in [-0.15, -0.1) is 0 Å². The van der Waals surface area contributed by atoms with Gasteiger partial charge < -0.3 is 20.1 Å². The summed E-state index contributed by atoms with van der Waals surface area (Å²) in [6.07, 6.45) is -6.02. The van der Waals surface area contributed by atoms with Crippen molar-refractivity contribution in [2.24, 2.45) is 0 Å². The van der Waals surface area contributed by atoms with E-state index in [1.54, 1.807) is 24.3 Å². The van der Waals surface area contributed by atoms with Crippen molar-refractivity contribution in [1.82, 2.24) is 4.90 Å². The van der Waals surface area contributed by atoms with Gasteiger partial charge in [-0.1, -0.05) is 0 Å². The van der Waals surface area contributed by atoms with E-state index in [-0.39, 0.29) is 25.6 Å². The van der Waals surface area contributed by atoms with E-state index in [4.69, 9.17) is 4.74 Å². The Kier molecular flexibility index (Phi) is 7.31. The van der Waals surface area contributed by atoms with Crippen molar-refractivity contribution in [3.63, 3.8) is 0 Å². The van der Waals surface area contributed by atoms with Gasteiger partial charge in [0.2, 0.25) is 5.91 Å². The normalized spacial score (nSPS) is 13.0. The van der Waals surface area contributed by atoms with Gasteiger partial charge in [-0.3, -0.25) is 4.79 Å². The number of aliphatic hydroxyl groups excluding tert-OH is 1. The maximum Gasteiger partial charge on any atom is 0.390 e. The summed E-state index contributed by atoms with van der Waals surface area (Å²) in [7, 11) is 1.51. The molecule has 0 bridgehead atoms. The van der Waals surface area contributed by atoms with Crippen LogP contribution in [0.2, 0.25) is 0 Å². The second kappa shape index (κ2) is 8.73. The van der Waals surface area contributed by atoms with E-state index < -0.39 is 18.7 Å². The molecule has 130 valence electrons. The summed E-state index contributed by atoms with van der Waals surface area (Å²) in [6.45, 7) is 1.28. The number of hydrogen-bond acceptors (Lipinski definition) is 4. The number of aliphatic hydroxyl groups is 1. The van der Waals surface area contributed by atoms with Crippen LogP contribution in [0.1, 0.15) is 13.3 Å². The van der Waals surface area contributed by atoms with Crippen LogP contribution in [-0.2, 0) is 4.79 Å². The summed E-state index contributed by atoms with van der Waals surface area (Å²) in [5.74, 6) is 0.312. The highest BCUT2D eigenvalue weighted by Crippen LogP contribution is 2.19. The fourth-order valence-corrected chi connectivity index (χ4v) is 1.85. The van der Waals surface area contributed by atoms with Crippen molar-refractivity contribution in [3.05, 3.63) is 24.3 Å². The molecule has 0 spiro atoms. The van der Waals surface area contributed by atoms with Crippen molar-refractivity contribution in [2.45, 2.75) is 25.6 Å². The summed E-state index contributed by atoms with van der Waals surface area (Å²) >= 11 is 0. The first kappa shape index (κ1) is 19.2. The number of alkyl halides is 3. The first-order chi connectivity index (χ1) is 10.7. The highest BCUT2D eigenvalue weighted by atomic mass is 19.4. The lowest BCUT2D eigenvalue weighted by molar-refractivity contribution is -0.138.